The summed E-state index contributed by atoms with van der Waals surface area (Å²) in [4.78, 5) is 17.2. The zero-order chi connectivity index (χ0) is 17.8. The number of carbonyl (C=O) groups is 1. The van der Waals surface area contributed by atoms with E-state index in [1.807, 2.05) is 38.1 Å². The number of nitrogens with one attached hydrogen (secondary N) is 1. The zero-order valence-electron chi connectivity index (χ0n) is 13.6. The van der Waals surface area contributed by atoms with E-state index in [-0.39, 0.29) is 11.9 Å². The molecule has 2 aromatic heterocycles. The number of aryl methyl sites for hydroxylation is 1. The fourth-order valence-electron chi connectivity index (χ4n) is 2.19. The number of thioether (sulfide) groups is 1. The van der Waals surface area contributed by atoms with Gasteiger partial charge in [-0.25, -0.2) is 4.68 Å². The molecule has 1 aromatic carbocycles. The van der Waals surface area contributed by atoms with Crippen LogP contribution in [0.3, 0.4) is 0 Å². The number of amides is 1. The SMILES string of the molecule is Cc1ccccc1-n1nc(SCC(=O)N[C@@H](C)c2cncs2)sc1=S. The number of benzene rings is 1. The third-order valence-corrected chi connectivity index (χ3v) is 6.78. The van der Waals surface area contributed by atoms with Gasteiger partial charge in [0.05, 0.1) is 23.0 Å². The van der Waals surface area contributed by atoms with E-state index in [0.717, 1.165) is 20.5 Å². The van der Waals surface area contributed by atoms with E-state index in [0.29, 0.717) is 9.71 Å². The van der Waals surface area contributed by atoms with Crippen LogP contribution in [-0.4, -0.2) is 26.4 Å². The number of hydrogen-bond donors (Lipinski definition) is 1. The van der Waals surface area contributed by atoms with Gasteiger partial charge in [-0.3, -0.25) is 9.78 Å². The molecule has 3 aromatic rings. The Hall–Kier alpha value is -1.55. The van der Waals surface area contributed by atoms with Crippen LogP contribution in [0.5, 0.6) is 0 Å². The molecule has 0 fully saturated rings. The Labute approximate surface area is 163 Å². The number of carbonyl (C=O) groups excluding carboxylic acids is 1. The molecule has 0 aliphatic heterocycles. The lowest BCUT2D eigenvalue weighted by molar-refractivity contribution is -0.119. The molecule has 1 atom stereocenters. The Morgan fingerprint density at radius 1 is 1.44 bits per heavy atom. The summed E-state index contributed by atoms with van der Waals surface area (Å²) in [5, 5.41) is 7.52. The Morgan fingerprint density at radius 2 is 2.24 bits per heavy atom. The molecule has 9 heteroatoms. The lowest BCUT2D eigenvalue weighted by Crippen LogP contribution is -2.27. The van der Waals surface area contributed by atoms with Gasteiger partial charge < -0.3 is 5.32 Å². The number of hydrogen-bond acceptors (Lipinski definition) is 7. The molecule has 130 valence electrons. The highest BCUT2D eigenvalue weighted by Crippen LogP contribution is 2.25. The molecule has 0 aliphatic rings. The molecule has 25 heavy (non-hydrogen) atoms. The summed E-state index contributed by atoms with van der Waals surface area (Å²) in [6.45, 7) is 3.98. The van der Waals surface area contributed by atoms with Crippen LogP contribution in [0.1, 0.15) is 23.4 Å². The summed E-state index contributed by atoms with van der Waals surface area (Å²) in [7, 11) is 0. The highest BCUT2D eigenvalue weighted by Gasteiger charge is 2.13. The van der Waals surface area contributed by atoms with Crippen molar-refractivity contribution < 1.29 is 4.79 Å². The molecule has 1 amide bonds. The van der Waals surface area contributed by atoms with Crippen molar-refractivity contribution in [1.82, 2.24) is 20.1 Å². The van der Waals surface area contributed by atoms with Crippen LogP contribution in [0.25, 0.3) is 5.69 Å². The summed E-state index contributed by atoms with van der Waals surface area (Å²) < 4.78 is 3.22. The summed E-state index contributed by atoms with van der Waals surface area (Å²) in [6, 6.07) is 7.92. The molecule has 2 heterocycles. The molecule has 5 nitrogen and oxygen atoms in total. The van der Waals surface area contributed by atoms with E-state index in [4.69, 9.17) is 12.2 Å². The maximum Gasteiger partial charge on any atom is 0.230 e. The highest BCUT2D eigenvalue weighted by molar-refractivity contribution is 8.01. The van der Waals surface area contributed by atoms with Gasteiger partial charge in [-0.15, -0.1) is 16.4 Å². The van der Waals surface area contributed by atoms with Crippen molar-refractivity contribution in [3.05, 3.63) is 50.4 Å². The van der Waals surface area contributed by atoms with E-state index in [9.17, 15) is 4.79 Å². The van der Waals surface area contributed by atoms with Crippen LogP contribution in [-0.2, 0) is 4.79 Å². The lowest BCUT2D eigenvalue weighted by atomic mass is 10.2. The van der Waals surface area contributed by atoms with Gasteiger partial charge in [-0.1, -0.05) is 41.3 Å². The summed E-state index contributed by atoms with van der Waals surface area (Å²) in [6.07, 6.45) is 1.78. The van der Waals surface area contributed by atoms with Gasteiger partial charge >= 0.3 is 0 Å². The fraction of sp³-hybridized carbons (Fsp3) is 0.250. The summed E-state index contributed by atoms with van der Waals surface area (Å²) in [5.41, 5.74) is 3.84. The first-order valence-corrected chi connectivity index (χ1v) is 10.6. The molecule has 3 rings (SSSR count). The first-order valence-electron chi connectivity index (χ1n) is 7.51. The van der Waals surface area contributed by atoms with Crippen molar-refractivity contribution in [2.45, 2.75) is 24.2 Å². The largest absolute Gasteiger partial charge is 0.348 e. The van der Waals surface area contributed by atoms with Gasteiger partial charge in [0.1, 0.15) is 0 Å². The smallest absolute Gasteiger partial charge is 0.230 e. The lowest BCUT2D eigenvalue weighted by Gasteiger charge is -2.10. The number of aromatic nitrogens is 3. The second-order valence-electron chi connectivity index (χ2n) is 5.31. The van der Waals surface area contributed by atoms with Crippen LogP contribution in [0.4, 0.5) is 0 Å². The van der Waals surface area contributed by atoms with Crippen molar-refractivity contribution >= 4 is 52.6 Å². The van der Waals surface area contributed by atoms with Crippen molar-refractivity contribution in [1.29, 1.82) is 0 Å². The van der Waals surface area contributed by atoms with E-state index in [2.05, 4.69) is 15.4 Å². The predicted molar refractivity (Wildman–Crippen MR) is 106 cm³/mol. The van der Waals surface area contributed by atoms with E-state index >= 15 is 0 Å². The van der Waals surface area contributed by atoms with E-state index in [1.165, 1.54) is 34.4 Å². The van der Waals surface area contributed by atoms with Gasteiger partial charge in [0, 0.05) is 11.1 Å². The minimum absolute atomic E-state index is 0.0329. The Kier molecular flexibility index (Phi) is 6.00. The number of nitrogens with zero attached hydrogens (tertiary/aromatic N) is 3. The molecule has 0 saturated carbocycles. The maximum absolute atomic E-state index is 12.1. The van der Waals surface area contributed by atoms with Crippen LogP contribution < -0.4 is 5.32 Å². The second kappa shape index (κ2) is 8.22. The third-order valence-electron chi connectivity index (χ3n) is 3.46. The van der Waals surface area contributed by atoms with Crippen molar-refractivity contribution in [3.8, 4) is 5.69 Å². The minimum Gasteiger partial charge on any atom is -0.348 e. The topological polar surface area (TPSA) is 59.8 Å². The molecule has 0 aliphatic carbocycles. The predicted octanol–water partition coefficient (Wildman–Crippen LogP) is 4.40. The molecule has 0 unspecified atom stereocenters. The van der Waals surface area contributed by atoms with Crippen molar-refractivity contribution in [3.63, 3.8) is 0 Å². The molecule has 0 saturated heterocycles. The van der Waals surface area contributed by atoms with E-state index < -0.39 is 0 Å². The molecule has 0 spiro atoms. The molecule has 0 radical (unpaired) electrons. The first kappa shape index (κ1) is 18.2. The molecular formula is C16H16N4OS4. The quantitative estimate of drug-likeness (QED) is 0.484. The summed E-state index contributed by atoms with van der Waals surface area (Å²) in [5.74, 6) is 0.272. The van der Waals surface area contributed by atoms with Gasteiger partial charge in [-0.2, -0.15) is 0 Å². The standard InChI is InChI=1S/C16H16N4OS4/c1-10-5-3-4-6-12(10)20-16(22)25-15(19-20)23-8-14(21)18-11(2)13-7-17-9-24-13/h3-7,9,11H,8H2,1-2H3,(H,18,21)/t11-/m0/s1. The monoisotopic (exact) mass is 408 g/mol. The Balaban J connectivity index is 1.63. The van der Waals surface area contributed by atoms with Crippen LogP contribution in [0, 0.1) is 10.9 Å². The first-order chi connectivity index (χ1) is 12.0. The zero-order valence-corrected chi connectivity index (χ0v) is 16.9. The van der Waals surface area contributed by atoms with Crippen molar-refractivity contribution in [2.75, 3.05) is 5.75 Å². The van der Waals surface area contributed by atoms with Gasteiger partial charge in [0.15, 0.2) is 8.29 Å². The molecule has 0 bridgehead atoms. The average molecular weight is 409 g/mol. The third kappa shape index (κ3) is 4.55. The summed E-state index contributed by atoms with van der Waals surface area (Å²) >= 11 is 9.77. The Bertz CT molecular complexity index is 916. The molecular weight excluding hydrogens is 392 g/mol. The Morgan fingerprint density at radius 3 is 2.96 bits per heavy atom. The maximum atomic E-state index is 12.1. The van der Waals surface area contributed by atoms with Crippen LogP contribution >= 0.6 is 46.7 Å². The fourth-order valence-corrected chi connectivity index (χ4v) is 4.98. The number of para-hydroxylation sites is 1. The average Bonchev–Trinajstić information content (AvgIpc) is 3.23. The van der Waals surface area contributed by atoms with Gasteiger partial charge in [-0.05, 0) is 37.7 Å². The highest BCUT2D eigenvalue weighted by atomic mass is 32.2. The van der Waals surface area contributed by atoms with Crippen LogP contribution in [0.2, 0.25) is 0 Å². The molecule has 1 N–H and O–H groups in total. The van der Waals surface area contributed by atoms with E-state index in [1.54, 1.807) is 16.4 Å². The van der Waals surface area contributed by atoms with Crippen molar-refractivity contribution in [2.24, 2.45) is 0 Å². The van der Waals surface area contributed by atoms with Crippen LogP contribution in [0.15, 0.2) is 40.3 Å². The normalized spacial score (nSPS) is 12.1. The second-order valence-corrected chi connectivity index (χ2v) is 9.08. The number of thiazole rings is 1. The van der Waals surface area contributed by atoms with Gasteiger partial charge in [0.25, 0.3) is 0 Å². The minimum atomic E-state index is -0.0386. The number of rotatable bonds is 6. The van der Waals surface area contributed by atoms with Gasteiger partial charge in [0.2, 0.25) is 5.91 Å².